The predicted molar refractivity (Wildman–Crippen MR) is 157 cm³/mol. The summed E-state index contributed by atoms with van der Waals surface area (Å²) in [6, 6.07) is 11.1. The number of aryl methyl sites for hydroxylation is 2. The number of benzene rings is 2. The lowest BCUT2D eigenvalue weighted by Crippen LogP contribution is -2.18. The van der Waals surface area contributed by atoms with E-state index in [0.29, 0.717) is 56.1 Å². The summed E-state index contributed by atoms with van der Waals surface area (Å²) in [5, 5.41) is 12.2. The number of carbonyl (C=O) groups is 4. The first-order valence-electron chi connectivity index (χ1n) is 13.4. The quantitative estimate of drug-likeness (QED) is 0.126. The van der Waals surface area contributed by atoms with Gasteiger partial charge in [-0.05, 0) is 51.7 Å². The third-order valence-electron chi connectivity index (χ3n) is 6.29. The monoisotopic (exact) mass is 562 g/mol. The fourth-order valence-corrected chi connectivity index (χ4v) is 3.87. The number of hydrogen-bond acceptors (Lipinski definition) is 6. The molecule has 0 saturated carbocycles. The lowest BCUT2D eigenvalue weighted by molar-refractivity contribution is -0.121. The van der Waals surface area contributed by atoms with Crippen molar-refractivity contribution in [1.29, 1.82) is 0 Å². The number of amides is 2. The lowest BCUT2D eigenvalue weighted by atomic mass is 9.97. The highest BCUT2D eigenvalue weighted by molar-refractivity contribution is 5.97. The molecule has 2 amide bonds. The van der Waals surface area contributed by atoms with Gasteiger partial charge in [0.1, 0.15) is 5.78 Å². The number of azide groups is 2. The van der Waals surface area contributed by atoms with Crippen LogP contribution in [0.3, 0.4) is 0 Å². The van der Waals surface area contributed by atoms with Gasteiger partial charge in [-0.25, -0.2) is 0 Å². The zero-order valence-corrected chi connectivity index (χ0v) is 24.1. The molecule has 0 aliphatic heterocycles. The van der Waals surface area contributed by atoms with Crippen LogP contribution in [0.5, 0.6) is 0 Å². The van der Waals surface area contributed by atoms with Gasteiger partial charge >= 0.3 is 0 Å². The van der Waals surface area contributed by atoms with E-state index in [1.165, 1.54) is 0 Å². The van der Waals surface area contributed by atoms with Gasteiger partial charge in [0.15, 0.2) is 5.78 Å². The second kappa shape index (κ2) is 19.4. The van der Waals surface area contributed by atoms with Crippen molar-refractivity contribution in [2.75, 3.05) is 14.1 Å². The molecule has 0 unspecified atom stereocenters. The molecular weight excluding hydrogens is 524 g/mol. The van der Waals surface area contributed by atoms with Crippen molar-refractivity contribution in [3.63, 3.8) is 0 Å². The number of nitrogens with one attached hydrogen (secondary N) is 2. The fourth-order valence-electron chi connectivity index (χ4n) is 3.87. The van der Waals surface area contributed by atoms with Crippen LogP contribution in [0.2, 0.25) is 0 Å². The molecule has 2 N–H and O–H groups in total. The third-order valence-corrected chi connectivity index (χ3v) is 6.29. The first-order chi connectivity index (χ1) is 19.7. The highest BCUT2D eigenvalue weighted by Crippen LogP contribution is 2.18. The van der Waals surface area contributed by atoms with Crippen LogP contribution in [0.1, 0.15) is 77.7 Å². The molecule has 41 heavy (non-hydrogen) atoms. The first-order valence-corrected chi connectivity index (χ1v) is 13.4. The van der Waals surface area contributed by atoms with Crippen molar-refractivity contribution in [1.82, 2.24) is 10.6 Å². The molecule has 0 atom stereocenters. The Kier molecular flexibility index (Phi) is 16.3. The van der Waals surface area contributed by atoms with Gasteiger partial charge in [-0.2, -0.15) is 0 Å². The van der Waals surface area contributed by atoms with E-state index in [1.54, 1.807) is 27.1 Å². The number of nitrogens with zero attached hydrogens (tertiary/aromatic N) is 6. The molecule has 0 fully saturated rings. The lowest BCUT2D eigenvalue weighted by Gasteiger charge is -2.09. The van der Waals surface area contributed by atoms with Gasteiger partial charge in [-0.1, -0.05) is 60.5 Å². The Balaban J connectivity index is 0.000000410. The van der Waals surface area contributed by atoms with Gasteiger partial charge in [0, 0.05) is 61.6 Å². The molecule has 12 nitrogen and oxygen atoms in total. The maximum atomic E-state index is 11.8. The Morgan fingerprint density at radius 1 is 0.732 bits per heavy atom. The molecule has 0 saturated heterocycles. The molecule has 0 bridgehead atoms. The Morgan fingerprint density at radius 3 is 1.73 bits per heavy atom. The minimum atomic E-state index is -0.0321. The molecule has 0 aromatic heterocycles. The maximum Gasteiger partial charge on any atom is 0.220 e. The van der Waals surface area contributed by atoms with E-state index in [4.69, 9.17) is 11.1 Å². The Hall–Kier alpha value is -4.66. The van der Waals surface area contributed by atoms with Gasteiger partial charge < -0.3 is 10.6 Å². The number of carbonyl (C=O) groups excluding carboxylic acids is 4. The summed E-state index contributed by atoms with van der Waals surface area (Å²) in [5.74, 6) is 0.119. The number of rotatable bonds is 15. The van der Waals surface area contributed by atoms with Crippen molar-refractivity contribution in [3.8, 4) is 0 Å². The summed E-state index contributed by atoms with van der Waals surface area (Å²) in [6.45, 7) is 3.98. The summed E-state index contributed by atoms with van der Waals surface area (Å²) in [6.07, 6.45) is 3.24. The average molecular weight is 563 g/mol. The predicted octanol–water partition coefficient (Wildman–Crippen LogP) is 5.47. The van der Waals surface area contributed by atoms with Crippen LogP contribution in [-0.4, -0.2) is 37.5 Å². The van der Waals surface area contributed by atoms with E-state index >= 15 is 0 Å². The maximum absolute atomic E-state index is 11.8. The van der Waals surface area contributed by atoms with Gasteiger partial charge in [-0.15, -0.1) is 0 Å². The molecule has 0 heterocycles. The molecule has 0 aliphatic rings. The van der Waals surface area contributed by atoms with E-state index in [1.807, 2.05) is 37.3 Å². The van der Waals surface area contributed by atoms with Crippen LogP contribution in [0, 0.1) is 0 Å². The molecule has 218 valence electrons. The second-order valence-electron chi connectivity index (χ2n) is 9.06. The molecule has 0 radical (unpaired) electrons. The van der Waals surface area contributed by atoms with Crippen molar-refractivity contribution >= 4 is 23.4 Å². The summed E-state index contributed by atoms with van der Waals surface area (Å²) >= 11 is 0. The normalized spacial score (nSPS) is 9.76. The van der Waals surface area contributed by atoms with Gasteiger partial charge in [0.25, 0.3) is 0 Å². The van der Waals surface area contributed by atoms with Crippen molar-refractivity contribution in [2.45, 2.75) is 71.9 Å². The largest absolute Gasteiger partial charge is 0.359 e. The van der Waals surface area contributed by atoms with Crippen LogP contribution in [0.15, 0.2) is 46.6 Å². The van der Waals surface area contributed by atoms with E-state index in [0.717, 1.165) is 22.3 Å². The molecule has 2 aromatic rings. The summed E-state index contributed by atoms with van der Waals surface area (Å²) < 4.78 is 0. The Bertz CT molecular complexity index is 1310. The standard InChI is InChI=1S/C15H20N4O2.C14H18N4O2/c1-3-14(20)9-12-6-4-11(5-7-15(21)17-2)8-13(12)10-18-19-16;1-3-13(19)12-6-4-10(5-7-14(20)16-2)8-11(12)9-17-18-15/h4,6,8H,3,5,7,9-10H2,1-2H3,(H,17,21);4,6,8H,3,5,7,9H2,1-2H3,(H,16,20). The van der Waals surface area contributed by atoms with Gasteiger partial charge in [-0.3, -0.25) is 19.2 Å². The number of Topliss-reactive ketones (excluding diaryl/α,β-unsaturated/α-hetero) is 2. The van der Waals surface area contributed by atoms with Crippen LogP contribution >= 0.6 is 0 Å². The topological polar surface area (TPSA) is 190 Å². The van der Waals surface area contributed by atoms with Crippen LogP contribution < -0.4 is 10.6 Å². The number of hydrogen-bond donors (Lipinski definition) is 2. The van der Waals surface area contributed by atoms with Gasteiger partial charge in [0.2, 0.25) is 11.8 Å². The van der Waals surface area contributed by atoms with E-state index in [9.17, 15) is 19.2 Å². The third kappa shape index (κ3) is 12.8. The highest BCUT2D eigenvalue weighted by atomic mass is 16.2. The molecule has 2 rings (SSSR count). The second-order valence-corrected chi connectivity index (χ2v) is 9.06. The van der Waals surface area contributed by atoms with Crippen LogP contribution in [-0.2, 0) is 46.7 Å². The zero-order valence-electron chi connectivity index (χ0n) is 24.1. The SMILES string of the molecule is CCC(=O)Cc1ccc(CCC(=O)NC)cc1CN=[N+]=[N-].CCC(=O)c1ccc(CCC(=O)NC)cc1CN=[N+]=[N-]. The molecule has 0 aliphatic carbocycles. The van der Waals surface area contributed by atoms with Crippen LogP contribution in [0.4, 0.5) is 0 Å². The van der Waals surface area contributed by atoms with E-state index in [-0.39, 0.29) is 36.5 Å². The minimum Gasteiger partial charge on any atom is -0.359 e. The van der Waals surface area contributed by atoms with E-state index < -0.39 is 0 Å². The Labute approximate surface area is 240 Å². The van der Waals surface area contributed by atoms with Crippen molar-refractivity contribution in [2.24, 2.45) is 10.2 Å². The molecule has 2 aromatic carbocycles. The zero-order chi connectivity index (χ0) is 30.6. The van der Waals surface area contributed by atoms with Crippen molar-refractivity contribution < 1.29 is 19.2 Å². The Morgan fingerprint density at radius 2 is 1.24 bits per heavy atom. The van der Waals surface area contributed by atoms with Gasteiger partial charge in [0.05, 0.1) is 13.1 Å². The van der Waals surface area contributed by atoms with Crippen LogP contribution in [0.25, 0.3) is 20.9 Å². The summed E-state index contributed by atoms with van der Waals surface area (Å²) in [7, 11) is 3.20. The molecule has 12 heteroatoms. The summed E-state index contributed by atoms with van der Waals surface area (Å²) in [4.78, 5) is 51.4. The molecular formula is C29H38N8O4. The average Bonchev–Trinajstić information content (AvgIpc) is 3.00. The molecule has 0 spiro atoms. The van der Waals surface area contributed by atoms with Crippen molar-refractivity contribution in [3.05, 3.63) is 90.7 Å². The number of ketones is 2. The minimum absolute atomic E-state index is 0.0168. The summed E-state index contributed by atoms with van der Waals surface area (Å²) in [5.41, 5.74) is 21.9. The highest BCUT2D eigenvalue weighted by Gasteiger charge is 2.11. The fraction of sp³-hybridized carbons (Fsp3) is 0.448. The van der Waals surface area contributed by atoms with E-state index in [2.05, 4.69) is 30.7 Å². The first kappa shape index (κ1) is 34.4. The smallest absolute Gasteiger partial charge is 0.220 e.